The maximum absolute atomic E-state index is 12.2. The van der Waals surface area contributed by atoms with Crippen LogP contribution in [0.2, 0.25) is 0 Å². The van der Waals surface area contributed by atoms with E-state index < -0.39 is 18.6 Å². The van der Waals surface area contributed by atoms with Crippen molar-refractivity contribution in [2.45, 2.75) is 37.3 Å². The van der Waals surface area contributed by atoms with Crippen LogP contribution in [0.5, 0.6) is 0 Å². The molecule has 0 aliphatic carbocycles. The molecular weight excluding hydrogens is 357 g/mol. The molecule has 0 aromatic carbocycles. The summed E-state index contributed by atoms with van der Waals surface area (Å²) in [6.07, 6.45) is -0.975. The molecule has 2 rings (SSSR count). The van der Waals surface area contributed by atoms with Crippen molar-refractivity contribution in [2.75, 3.05) is 32.1 Å². The number of hydrogen-bond donors (Lipinski definition) is 1. The Morgan fingerprint density at radius 1 is 1.44 bits per heavy atom. The van der Waals surface area contributed by atoms with Gasteiger partial charge in [-0.2, -0.15) is 13.2 Å². The van der Waals surface area contributed by atoms with Crippen molar-refractivity contribution < 1.29 is 22.7 Å². The fourth-order valence-electron chi connectivity index (χ4n) is 2.43. The fraction of sp³-hybridized carbons (Fsp3) is 0.667. The molecule has 0 radical (unpaired) electrons. The molecule has 25 heavy (non-hydrogen) atoms. The van der Waals surface area contributed by atoms with Crippen LogP contribution in [-0.4, -0.2) is 65.0 Å². The van der Waals surface area contributed by atoms with E-state index in [4.69, 9.17) is 4.74 Å². The number of carbonyl (C=O) groups is 1. The highest BCUT2D eigenvalue weighted by atomic mass is 32.2. The van der Waals surface area contributed by atoms with E-state index in [2.05, 4.69) is 9.97 Å². The number of carbonyl (C=O) groups excluding carboxylic acids is 1. The number of morpholine rings is 1. The number of aromatic nitrogens is 2. The number of halogens is 3. The average molecular weight is 378 g/mol. The number of hydrogen-bond acceptors (Lipinski definition) is 6. The third-order valence-corrected chi connectivity index (χ3v) is 4.35. The molecular formula is C15H21F3N4O2S. The molecule has 0 bridgehead atoms. The molecule has 0 spiro atoms. The highest BCUT2D eigenvalue weighted by Gasteiger charge is 2.30. The number of amides is 1. The lowest BCUT2D eigenvalue weighted by Gasteiger charge is -2.35. The Labute approximate surface area is 148 Å². The number of thioether (sulfide) groups is 1. The van der Waals surface area contributed by atoms with Gasteiger partial charge in [0.2, 0.25) is 5.91 Å². The number of nitrogens with zero attached hydrogens (tertiary/aromatic N) is 3. The molecule has 1 aromatic rings. The van der Waals surface area contributed by atoms with Crippen LogP contribution in [0.15, 0.2) is 17.6 Å². The molecule has 1 aliphatic rings. The predicted molar refractivity (Wildman–Crippen MR) is 87.1 cm³/mol. The molecule has 1 aromatic heterocycles. The smallest absolute Gasteiger partial charge is 0.378 e. The second-order valence-corrected chi connectivity index (χ2v) is 6.83. The first-order chi connectivity index (χ1) is 11.9. The van der Waals surface area contributed by atoms with Crippen molar-refractivity contribution in [3.63, 3.8) is 0 Å². The Hall–Kier alpha value is -1.39. The standard InChI is InChI=1S/C15H21F3N4O2S/c1-2-25-14-19-6-11(7-20-14)8-22-3-4-24-9-12(22)5-13(23)21-10-15(16,17)18/h6-7,12H,2-5,8-10H2,1H3,(H,21,23)/t12-/m0/s1. The maximum atomic E-state index is 12.2. The lowest BCUT2D eigenvalue weighted by atomic mass is 10.1. The molecule has 0 saturated carbocycles. The van der Waals surface area contributed by atoms with Gasteiger partial charge in [0.05, 0.1) is 13.2 Å². The van der Waals surface area contributed by atoms with Gasteiger partial charge in [-0.15, -0.1) is 0 Å². The van der Waals surface area contributed by atoms with E-state index in [1.54, 1.807) is 24.2 Å². The summed E-state index contributed by atoms with van der Waals surface area (Å²) >= 11 is 1.55. The minimum Gasteiger partial charge on any atom is -0.378 e. The van der Waals surface area contributed by atoms with E-state index in [-0.39, 0.29) is 12.5 Å². The van der Waals surface area contributed by atoms with Gasteiger partial charge < -0.3 is 10.1 Å². The van der Waals surface area contributed by atoms with Crippen LogP contribution in [0.3, 0.4) is 0 Å². The summed E-state index contributed by atoms with van der Waals surface area (Å²) < 4.78 is 41.9. The van der Waals surface area contributed by atoms with E-state index in [9.17, 15) is 18.0 Å². The van der Waals surface area contributed by atoms with Gasteiger partial charge >= 0.3 is 6.18 Å². The van der Waals surface area contributed by atoms with Crippen molar-refractivity contribution in [2.24, 2.45) is 0 Å². The molecule has 140 valence electrons. The van der Waals surface area contributed by atoms with Gasteiger partial charge in [0.25, 0.3) is 0 Å². The van der Waals surface area contributed by atoms with Gasteiger partial charge in [-0.1, -0.05) is 18.7 Å². The van der Waals surface area contributed by atoms with Crippen LogP contribution in [0.4, 0.5) is 13.2 Å². The highest BCUT2D eigenvalue weighted by Crippen LogP contribution is 2.17. The molecule has 1 saturated heterocycles. The number of nitrogens with one attached hydrogen (secondary N) is 1. The van der Waals surface area contributed by atoms with Gasteiger partial charge in [0.1, 0.15) is 6.54 Å². The van der Waals surface area contributed by atoms with Crippen molar-refractivity contribution in [1.29, 1.82) is 0 Å². The quantitative estimate of drug-likeness (QED) is 0.577. The summed E-state index contributed by atoms with van der Waals surface area (Å²) in [6, 6.07) is -0.272. The second-order valence-electron chi connectivity index (χ2n) is 5.60. The zero-order valence-corrected chi connectivity index (χ0v) is 14.7. The van der Waals surface area contributed by atoms with E-state index in [1.165, 1.54) is 0 Å². The number of rotatable bonds is 7. The largest absolute Gasteiger partial charge is 0.405 e. The van der Waals surface area contributed by atoms with E-state index in [0.29, 0.717) is 31.5 Å². The van der Waals surface area contributed by atoms with Crippen LogP contribution in [-0.2, 0) is 16.1 Å². The first-order valence-corrected chi connectivity index (χ1v) is 8.95. The van der Waals surface area contributed by atoms with Crippen LogP contribution in [0, 0.1) is 0 Å². The molecule has 6 nitrogen and oxygen atoms in total. The van der Waals surface area contributed by atoms with Crippen LogP contribution in [0.1, 0.15) is 18.9 Å². The number of alkyl halides is 3. The third kappa shape index (κ3) is 7.17. The lowest BCUT2D eigenvalue weighted by Crippen LogP contribution is -2.47. The molecule has 1 atom stereocenters. The Morgan fingerprint density at radius 2 is 2.16 bits per heavy atom. The van der Waals surface area contributed by atoms with Crippen molar-refractivity contribution in [3.8, 4) is 0 Å². The Kier molecular flexibility index (Phi) is 7.45. The molecule has 2 heterocycles. The van der Waals surface area contributed by atoms with E-state index in [0.717, 1.165) is 11.3 Å². The lowest BCUT2D eigenvalue weighted by molar-refractivity contribution is -0.140. The minimum atomic E-state index is -4.41. The molecule has 0 unspecified atom stereocenters. The second kappa shape index (κ2) is 9.35. The molecule has 1 fully saturated rings. The molecule has 10 heteroatoms. The van der Waals surface area contributed by atoms with Gasteiger partial charge in [0, 0.05) is 43.5 Å². The topological polar surface area (TPSA) is 67.4 Å². The third-order valence-electron chi connectivity index (χ3n) is 3.60. The van der Waals surface area contributed by atoms with Crippen molar-refractivity contribution >= 4 is 17.7 Å². The minimum absolute atomic E-state index is 0.0410. The van der Waals surface area contributed by atoms with Crippen LogP contribution < -0.4 is 5.32 Å². The first kappa shape index (κ1) is 19.9. The summed E-state index contributed by atoms with van der Waals surface area (Å²) in [4.78, 5) is 22.3. The van der Waals surface area contributed by atoms with Crippen molar-refractivity contribution in [1.82, 2.24) is 20.2 Å². The Bertz CT molecular complexity index is 557. The van der Waals surface area contributed by atoms with Gasteiger partial charge in [0.15, 0.2) is 5.16 Å². The maximum Gasteiger partial charge on any atom is 0.405 e. The summed E-state index contributed by atoms with van der Waals surface area (Å²) in [5.41, 5.74) is 0.892. The molecule has 1 N–H and O–H groups in total. The summed E-state index contributed by atoms with van der Waals surface area (Å²) in [6.45, 7) is 2.66. The van der Waals surface area contributed by atoms with E-state index >= 15 is 0 Å². The SMILES string of the molecule is CCSc1ncc(CN2CCOC[C@@H]2CC(=O)NCC(F)(F)F)cn1. The van der Waals surface area contributed by atoms with Crippen molar-refractivity contribution in [3.05, 3.63) is 18.0 Å². The summed E-state index contributed by atoms with van der Waals surface area (Å²) in [5, 5.41) is 2.61. The predicted octanol–water partition coefficient (Wildman–Crippen LogP) is 1.86. The highest BCUT2D eigenvalue weighted by molar-refractivity contribution is 7.99. The number of ether oxygens (including phenoxy) is 1. The van der Waals surface area contributed by atoms with Gasteiger partial charge in [-0.25, -0.2) is 9.97 Å². The summed E-state index contributed by atoms with van der Waals surface area (Å²) in [5.74, 6) is 0.251. The Balaban J connectivity index is 1.90. The zero-order chi connectivity index (χ0) is 18.3. The average Bonchev–Trinajstić information content (AvgIpc) is 2.56. The van der Waals surface area contributed by atoms with Crippen LogP contribution >= 0.6 is 11.8 Å². The first-order valence-electron chi connectivity index (χ1n) is 7.96. The van der Waals surface area contributed by atoms with Gasteiger partial charge in [-0.05, 0) is 5.75 Å². The van der Waals surface area contributed by atoms with E-state index in [1.807, 2.05) is 17.1 Å². The zero-order valence-electron chi connectivity index (χ0n) is 13.9. The summed E-state index contributed by atoms with van der Waals surface area (Å²) in [7, 11) is 0. The fourth-order valence-corrected chi connectivity index (χ4v) is 2.95. The normalized spacial score (nSPS) is 19.0. The van der Waals surface area contributed by atoms with Gasteiger partial charge in [-0.3, -0.25) is 9.69 Å². The molecule has 1 amide bonds. The molecule has 1 aliphatic heterocycles. The monoisotopic (exact) mass is 378 g/mol. The van der Waals surface area contributed by atoms with Crippen LogP contribution in [0.25, 0.3) is 0 Å². The Morgan fingerprint density at radius 3 is 2.80 bits per heavy atom.